The lowest BCUT2D eigenvalue weighted by atomic mass is 9.78. The molecule has 2 rings (SSSR count). The van der Waals surface area contributed by atoms with Gasteiger partial charge in [0.25, 0.3) is 0 Å². The van der Waals surface area contributed by atoms with Gasteiger partial charge in [-0.15, -0.1) is 0 Å². The highest BCUT2D eigenvalue weighted by Gasteiger charge is 2.53. The first-order valence-electron chi connectivity index (χ1n) is 8.17. The molecule has 0 aromatic rings. The van der Waals surface area contributed by atoms with E-state index in [9.17, 15) is 4.79 Å². The fraction of sp³-hybridized carbons (Fsp3) is 0.875. The molecule has 2 aliphatic heterocycles. The number of piperazine rings is 1. The molecule has 0 amide bonds. The van der Waals surface area contributed by atoms with Gasteiger partial charge < -0.3 is 19.3 Å². The summed E-state index contributed by atoms with van der Waals surface area (Å²) < 4.78 is 10.8. The summed E-state index contributed by atoms with van der Waals surface area (Å²) in [6.45, 7) is 9.30. The molecule has 6 nitrogen and oxygen atoms in total. The van der Waals surface area contributed by atoms with Gasteiger partial charge in [-0.1, -0.05) is 0 Å². The number of hydrogen-bond donors (Lipinski definition) is 2. The topological polar surface area (TPSA) is 68.2 Å². The smallest absolute Gasteiger partial charge is 0.361 e. The number of quaternary nitrogens is 2. The van der Waals surface area contributed by atoms with Crippen LogP contribution in [0.25, 0.3) is 0 Å². The predicted molar refractivity (Wildman–Crippen MR) is 80.5 cm³/mol. The van der Waals surface area contributed by atoms with E-state index in [2.05, 4.69) is 19.9 Å². The van der Waals surface area contributed by atoms with Crippen LogP contribution in [-0.4, -0.2) is 63.5 Å². The van der Waals surface area contributed by atoms with Gasteiger partial charge in [0.2, 0.25) is 0 Å². The molecule has 0 bridgehead atoms. The Morgan fingerprint density at radius 3 is 2.82 bits per heavy atom. The molecule has 2 heterocycles. The molecule has 6 heteroatoms. The predicted octanol–water partition coefficient (Wildman–Crippen LogP) is -1.82. The first-order chi connectivity index (χ1) is 10.4. The fourth-order valence-corrected chi connectivity index (χ4v) is 4.18. The number of nitrogens with one attached hydrogen (secondary N) is 2. The molecule has 0 radical (unpaired) electrons. The molecule has 2 aliphatic rings. The highest BCUT2D eigenvalue weighted by atomic mass is 16.5. The normalized spacial score (nSPS) is 34.1. The van der Waals surface area contributed by atoms with Crippen molar-refractivity contribution >= 4 is 5.97 Å². The number of nitrogens with zero attached hydrogens (tertiary/aromatic N) is 1. The largest absolute Gasteiger partial charge is 0.465 e. The maximum Gasteiger partial charge on any atom is 0.361 e. The van der Waals surface area contributed by atoms with Gasteiger partial charge >= 0.3 is 5.97 Å². The van der Waals surface area contributed by atoms with Gasteiger partial charge in [-0.3, -0.25) is 0 Å². The SMILES string of the molecule is COC(=O)C[NH+]1CC[NH+](CCC#N)C[C@@]12CCOC(C)(C)C2. The molecule has 1 spiro atoms. The van der Waals surface area contributed by atoms with E-state index in [0.29, 0.717) is 13.0 Å². The molecule has 2 saturated heterocycles. The van der Waals surface area contributed by atoms with Crippen LogP contribution < -0.4 is 9.80 Å². The Morgan fingerprint density at radius 1 is 1.41 bits per heavy atom. The standard InChI is InChI=1S/C16H27N3O3/c1-15(2)12-16(5-10-22-15)13-18(7-4-6-17)8-9-19(16)11-14(20)21-3/h4-5,7-13H2,1-3H3/p+2/t16-/m0/s1. The van der Waals surface area contributed by atoms with Crippen molar-refractivity contribution in [1.82, 2.24) is 0 Å². The van der Waals surface area contributed by atoms with Crippen LogP contribution in [0.5, 0.6) is 0 Å². The highest BCUT2D eigenvalue weighted by molar-refractivity contribution is 5.70. The monoisotopic (exact) mass is 311 g/mol. The van der Waals surface area contributed by atoms with Crippen LogP contribution in [0, 0.1) is 11.3 Å². The molecule has 3 atom stereocenters. The van der Waals surface area contributed by atoms with Crippen molar-refractivity contribution in [1.29, 1.82) is 5.26 Å². The lowest BCUT2D eigenvalue weighted by Gasteiger charge is -2.50. The van der Waals surface area contributed by atoms with Crippen LogP contribution >= 0.6 is 0 Å². The van der Waals surface area contributed by atoms with E-state index in [1.54, 1.807) is 0 Å². The highest BCUT2D eigenvalue weighted by Crippen LogP contribution is 2.29. The first-order valence-corrected chi connectivity index (χ1v) is 8.17. The zero-order chi connectivity index (χ0) is 16.2. The minimum absolute atomic E-state index is 0.0545. The second-order valence-corrected chi connectivity index (χ2v) is 7.26. The van der Waals surface area contributed by atoms with Gasteiger partial charge in [0, 0.05) is 12.8 Å². The minimum Gasteiger partial charge on any atom is -0.465 e. The number of esters is 1. The van der Waals surface area contributed by atoms with Crippen molar-refractivity contribution in [3.63, 3.8) is 0 Å². The Balaban J connectivity index is 2.15. The number of ether oxygens (including phenoxy) is 2. The Hall–Kier alpha value is -1.16. The molecule has 2 unspecified atom stereocenters. The van der Waals surface area contributed by atoms with Gasteiger partial charge in [-0.25, -0.2) is 4.79 Å². The van der Waals surface area contributed by atoms with Crippen LogP contribution in [-0.2, 0) is 14.3 Å². The quantitative estimate of drug-likeness (QED) is 0.600. The fourth-order valence-electron chi connectivity index (χ4n) is 4.18. The molecule has 0 aromatic heterocycles. The minimum atomic E-state index is -0.155. The van der Waals surface area contributed by atoms with Crippen LogP contribution in [0.4, 0.5) is 0 Å². The van der Waals surface area contributed by atoms with Crippen molar-refractivity contribution in [2.24, 2.45) is 0 Å². The molecule has 0 aliphatic carbocycles. The zero-order valence-electron chi connectivity index (χ0n) is 14.0. The summed E-state index contributed by atoms with van der Waals surface area (Å²) in [6.07, 6.45) is 2.51. The number of rotatable bonds is 4. The second kappa shape index (κ2) is 6.95. The maximum absolute atomic E-state index is 11.8. The molecule has 0 saturated carbocycles. The van der Waals surface area contributed by atoms with E-state index in [4.69, 9.17) is 14.7 Å². The number of carbonyl (C=O) groups is 1. The van der Waals surface area contributed by atoms with Gasteiger partial charge in [-0.2, -0.15) is 5.26 Å². The Bertz CT molecular complexity index is 446. The van der Waals surface area contributed by atoms with Crippen molar-refractivity contribution in [2.75, 3.05) is 46.4 Å². The van der Waals surface area contributed by atoms with Crippen LogP contribution in [0.1, 0.15) is 33.1 Å². The Labute approximate surface area is 133 Å². The van der Waals surface area contributed by atoms with Gasteiger partial charge in [0.05, 0.1) is 38.4 Å². The molecular formula is C16H29N3O3+2. The molecule has 22 heavy (non-hydrogen) atoms. The average Bonchev–Trinajstić information content (AvgIpc) is 2.46. The van der Waals surface area contributed by atoms with Crippen molar-refractivity contribution < 1.29 is 24.1 Å². The van der Waals surface area contributed by atoms with E-state index < -0.39 is 0 Å². The summed E-state index contributed by atoms with van der Waals surface area (Å²) in [6, 6.07) is 2.25. The summed E-state index contributed by atoms with van der Waals surface area (Å²) >= 11 is 0. The number of carbonyl (C=O) groups excluding carboxylic acids is 1. The summed E-state index contributed by atoms with van der Waals surface area (Å²) in [7, 11) is 1.46. The number of hydrogen-bond acceptors (Lipinski definition) is 4. The van der Waals surface area contributed by atoms with E-state index in [1.165, 1.54) is 16.9 Å². The Kier molecular flexibility index (Phi) is 5.43. The third kappa shape index (κ3) is 3.97. The van der Waals surface area contributed by atoms with E-state index >= 15 is 0 Å². The zero-order valence-corrected chi connectivity index (χ0v) is 14.0. The van der Waals surface area contributed by atoms with Crippen LogP contribution in [0.3, 0.4) is 0 Å². The average molecular weight is 311 g/mol. The van der Waals surface area contributed by atoms with Crippen molar-refractivity contribution in [3.8, 4) is 6.07 Å². The first kappa shape index (κ1) is 17.2. The molecule has 2 fully saturated rings. The van der Waals surface area contributed by atoms with Crippen molar-refractivity contribution in [3.05, 3.63) is 0 Å². The Morgan fingerprint density at radius 2 is 2.18 bits per heavy atom. The molecule has 0 aromatic carbocycles. The summed E-state index contributed by atoms with van der Waals surface area (Å²) in [5, 5.41) is 8.83. The maximum atomic E-state index is 11.8. The van der Waals surface area contributed by atoms with Crippen LogP contribution in [0.2, 0.25) is 0 Å². The molecule has 124 valence electrons. The van der Waals surface area contributed by atoms with Gasteiger partial charge in [0.1, 0.15) is 19.6 Å². The van der Waals surface area contributed by atoms with E-state index in [0.717, 1.165) is 45.6 Å². The van der Waals surface area contributed by atoms with Crippen LogP contribution in [0.15, 0.2) is 0 Å². The molecular weight excluding hydrogens is 282 g/mol. The van der Waals surface area contributed by atoms with Gasteiger partial charge in [-0.05, 0) is 13.8 Å². The third-order valence-electron chi connectivity index (χ3n) is 5.13. The van der Waals surface area contributed by atoms with E-state index in [-0.39, 0.29) is 17.1 Å². The van der Waals surface area contributed by atoms with Crippen molar-refractivity contribution in [2.45, 2.75) is 44.2 Å². The van der Waals surface area contributed by atoms with E-state index in [1.807, 2.05) is 0 Å². The number of methoxy groups -OCH3 is 1. The second-order valence-electron chi connectivity index (χ2n) is 7.26. The lowest BCUT2D eigenvalue weighted by Crippen LogP contribution is -3.34. The lowest BCUT2D eigenvalue weighted by molar-refractivity contribution is -1.05. The van der Waals surface area contributed by atoms with Gasteiger partial charge in [0.15, 0.2) is 12.1 Å². The third-order valence-corrected chi connectivity index (χ3v) is 5.13. The summed E-state index contributed by atoms with van der Waals surface area (Å²) in [5.41, 5.74) is -0.101. The summed E-state index contributed by atoms with van der Waals surface area (Å²) in [5.74, 6) is -0.140. The summed E-state index contributed by atoms with van der Waals surface area (Å²) in [4.78, 5) is 14.6. The number of nitriles is 1. The molecule has 2 N–H and O–H groups in total.